The molecular weight excluding hydrogens is 228 g/mol. The van der Waals surface area contributed by atoms with Gasteiger partial charge in [0.1, 0.15) is 5.69 Å². The third-order valence-corrected chi connectivity index (χ3v) is 2.52. The topological polar surface area (TPSA) is 66.9 Å². The molecule has 94 valence electrons. The minimum Gasteiger partial charge on any atom is -0.349 e. The van der Waals surface area contributed by atoms with Crippen LogP contribution in [0.3, 0.4) is 0 Å². The summed E-state index contributed by atoms with van der Waals surface area (Å²) < 4.78 is 0. The van der Waals surface area contributed by atoms with Crippen molar-refractivity contribution < 1.29 is 4.79 Å². The predicted molar refractivity (Wildman–Crippen MR) is 70.4 cm³/mol. The van der Waals surface area contributed by atoms with Gasteiger partial charge in [0.2, 0.25) is 0 Å². The second-order valence-electron chi connectivity index (χ2n) is 3.85. The van der Waals surface area contributed by atoms with E-state index in [2.05, 4.69) is 20.6 Å². The van der Waals surface area contributed by atoms with Crippen LogP contribution in [0.25, 0.3) is 11.0 Å². The van der Waals surface area contributed by atoms with E-state index in [1.54, 1.807) is 0 Å². The van der Waals surface area contributed by atoms with E-state index in [9.17, 15) is 4.79 Å². The monoisotopic (exact) mass is 244 g/mol. The van der Waals surface area contributed by atoms with Crippen LogP contribution >= 0.6 is 0 Å². The number of rotatable bonds is 5. The average molecular weight is 244 g/mol. The van der Waals surface area contributed by atoms with Gasteiger partial charge < -0.3 is 10.6 Å². The number of para-hydroxylation sites is 2. The van der Waals surface area contributed by atoms with E-state index in [-0.39, 0.29) is 5.91 Å². The fraction of sp³-hybridized carbons (Fsp3) is 0.308. The third kappa shape index (κ3) is 3.01. The predicted octanol–water partition coefficient (Wildman–Crippen LogP) is 0.969. The van der Waals surface area contributed by atoms with Crippen molar-refractivity contribution in [3.05, 3.63) is 36.2 Å². The Kier molecular flexibility index (Phi) is 4.20. The molecule has 0 saturated heterocycles. The first-order chi connectivity index (χ1) is 8.81. The highest BCUT2D eigenvalue weighted by Gasteiger charge is 2.07. The van der Waals surface area contributed by atoms with Crippen molar-refractivity contribution >= 4 is 16.9 Å². The molecule has 0 unspecified atom stereocenters. The van der Waals surface area contributed by atoms with E-state index >= 15 is 0 Å². The number of hydrogen-bond acceptors (Lipinski definition) is 4. The molecule has 5 nitrogen and oxygen atoms in total. The van der Waals surface area contributed by atoms with Gasteiger partial charge in [-0.3, -0.25) is 9.78 Å². The molecule has 1 heterocycles. The van der Waals surface area contributed by atoms with Crippen LogP contribution in [0.5, 0.6) is 0 Å². The molecule has 0 aliphatic heterocycles. The molecule has 0 radical (unpaired) electrons. The van der Waals surface area contributed by atoms with Gasteiger partial charge in [0.25, 0.3) is 5.91 Å². The quantitative estimate of drug-likeness (QED) is 0.769. The summed E-state index contributed by atoms with van der Waals surface area (Å²) in [6.07, 6.45) is 1.50. The highest BCUT2D eigenvalue weighted by Crippen LogP contribution is 2.08. The molecule has 0 aliphatic carbocycles. The maximum absolute atomic E-state index is 11.8. The van der Waals surface area contributed by atoms with E-state index in [0.717, 1.165) is 24.1 Å². The Bertz CT molecular complexity index is 541. The number of carbonyl (C=O) groups is 1. The summed E-state index contributed by atoms with van der Waals surface area (Å²) >= 11 is 0. The summed E-state index contributed by atoms with van der Waals surface area (Å²) in [5.41, 5.74) is 1.88. The molecule has 0 saturated carbocycles. The van der Waals surface area contributed by atoms with Crippen LogP contribution < -0.4 is 10.6 Å². The van der Waals surface area contributed by atoms with Gasteiger partial charge in [0.05, 0.1) is 17.2 Å². The van der Waals surface area contributed by atoms with Crippen molar-refractivity contribution in [2.24, 2.45) is 0 Å². The zero-order valence-electron chi connectivity index (χ0n) is 10.3. The van der Waals surface area contributed by atoms with E-state index < -0.39 is 0 Å². The molecule has 2 N–H and O–H groups in total. The number of likely N-dealkylation sites (N-methyl/N-ethyl adjacent to an activating group) is 1. The van der Waals surface area contributed by atoms with Crippen molar-refractivity contribution in [2.45, 2.75) is 6.92 Å². The standard InChI is InChI=1S/C13H16N4O/c1-2-14-7-8-15-13(18)12-9-16-10-5-3-4-6-11(10)17-12/h3-6,9,14H,2,7-8H2,1H3,(H,15,18). The molecule has 0 atom stereocenters. The highest BCUT2D eigenvalue weighted by molar-refractivity contribution is 5.93. The second kappa shape index (κ2) is 6.07. The summed E-state index contributed by atoms with van der Waals surface area (Å²) in [5, 5.41) is 5.93. The van der Waals surface area contributed by atoms with Gasteiger partial charge in [-0.2, -0.15) is 0 Å². The molecule has 1 amide bonds. The van der Waals surface area contributed by atoms with Crippen molar-refractivity contribution in [3.8, 4) is 0 Å². The molecule has 0 spiro atoms. The lowest BCUT2D eigenvalue weighted by molar-refractivity contribution is 0.0949. The maximum Gasteiger partial charge on any atom is 0.271 e. The number of nitrogens with one attached hydrogen (secondary N) is 2. The van der Waals surface area contributed by atoms with Gasteiger partial charge in [0.15, 0.2) is 0 Å². The average Bonchev–Trinajstić information content (AvgIpc) is 2.43. The highest BCUT2D eigenvalue weighted by atomic mass is 16.1. The minimum atomic E-state index is -0.189. The summed E-state index contributed by atoms with van der Waals surface area (Å²) in [4.78, 5) is 20.3. The van der Waals surface area contributed by atoms with Gasteiger partial charge in [-0.1, -0.05) is 19.1 Å². The van der Waals surface area contributed by atoms with Crippen molar-refractivity contribution in [1.29, 1.82) is 0 Å². The maximum atomic E-state index is 11.8. The Hall–Kier alpha value is -2.01. The van der Waals surface area contributed by atoms with Gasteiger partial charge in [0, 0.05) is 13.1 Å². The Morgan fingerprint density at radius 3 is 2.78 bits per heavy atom. The Morgan fingerprint density at radius 2 is 2.00 bits per heavy atom. The van der Waals surface area contributed by atoms with Crippen LogP contribution in [0.1, 0.15) is 17.4 Å². The van der Waals surface area contributed by atoms with Gasteiger partial charge >= 0.3 is 0 Å². The van der Waals surface area contributed by atoms with Crippen LogP contribution in [0.4, 0.5) is 0 Å². The lowest BCUT2D eigenvalue weighted by Crippen LogP contribution is -2.32. The van der Waals surface area contributed by atoms with Gasteiger partial charge in [-0.05, 0) is 18.7 Å². The molecule has 0 fully saturated rings. The van der Waals surface area contributed by atoms with Crippen molar-refractivity contribution in [2.75, 3.05) is 19.6 Å². The minimum absolute atomic E-state index is 0.189. The number of amides is 1. The molecule has 0 bridgehead atoms. The molecule has 1 aromatic carbocycles. The number of carbonyl (C=O) groups excluding carboxylic acids is 1. The summed E-state index contributed by atoms with van der Waals surface area (Å²) in [5.74, 6) is -0.189. The fourth-order valence-electron chi connectivity index (χ4n) is 1.60. The lowest BCUT2D eigenvalue weighted by Gasteiger charge is -2.05. The normalized spacial score (nSPS) is 10.5. The lowest BCUT2D eigenvalue weighted by atomic mass is 10.3. The zero-order valence-corrected chi connectivity index (χ0v) is 10.3. The Labute approximate surface area is 106 Å². The number of hydrogen-bond donors (Lipinski definition) is 2. The van der Waals surface area contributed by atoms with Crippen LogP contribution in [0, 0.1) is 0 Å². The van der Waals surface area contributed by atoms with E-state index in [1.165, 1.54) is 6.20 Å². The molecule has 0 aliphatic rings. The second-order valence-corrected chi connectivity index (χ2v) is 3.85. The number of fused-ring (bicyclic) bond motifs is 1. The number of nitrogens with zero attached hydrogens (tertiary/aromatic N) is 2. The first-order valence-corrected chi connectivity index (χ1v) is 6.02. The third-order valence-electron chi connectivity index (χ3n) is 2.52. The number of aromatic nitrogens is 2. The van der Waals surface area contributed by atoms with Gasteiger partial charge in [-0.15, -0.1) is 0 Å². The van der Waals surface area contributed by atoms with E-state index in [1.807, 2.05) is 31.2 Å². The smallest absolute Gasteiger partial charge is 0.271 e. The van der Waals surface area contributed by atoms with Crippen molar-refractivity contribution in [1.82, 2.24) is 20.6 Å². The van der Waals surface area contributed by atoms with Crippen LogP contribution in [-0.2, 0) is 0 Å². The van der Waals surface area contributed by atoms with Crippen LogP contribution in [0.2, 0.25) is 0 Å². The zero-order chi connectivity index (χ0) is 12.8. The van der Waals surface area contributed by atoms with Crippen LogP contribution in [0.15, 0.2) is 30.5 Å². The van der Waals surface area contributed by atoms with Crippen molar-refractivity contribution in [3.63, 3.8) is 0 Å². The molecule has 1 aromatic heterocycles. The fourth-order valence-corrected chi connectivity index (χ4v) is 1.60. The van der Waals surface area contributed by atoms with E-state index in [4.69, 9.17) is 0 Å². The number of benzene rings is 1. The largest absolute Gasteiger partial charge is 0.349 e. The Balaban J connectivity index is 2.04. The molecular formula is C13H16N4O. The summed E-state index contributed by atoms with van der Waals surface area (Å²) in [6.45, 7) is 4.26. The molecule has 2 rings (SSSR count). The molecule has 18 heavy (non-hydrogen) atoms. The SMILES string of the molecule is CCNCCNC(=O)c1cnc2ccccc2n1. The first kappa shape index (κ1) is 12.4. The van der Waals surface area contributed by atoms with Crippen LogP contribution in [-0.4, -0.2) is 35.5 Å². The summed E-state index contributed by atoms with van der Waals surface area (Å²) in [7, 11) is 0. The molecule has 5 heteroatoms. The molecule has 2 aromatic rings. The van der Waals surface area contributed by atoms with E-state index in [0.29, 0.717) is 12.2 Å². The summed E-state index contributed by atoms with van der Waals surface area (Å²) in [6, 6.07) is 7.49. The first-order valence-electron chi connectivity index (χ1n) is 6.02. The van der Waals surface area contributed by atoms with Gasteiger partial charge in [-0.25, -0.2) is 4.98 Å². The Morgan fingerprint density at radius 1 is 1.22 bits per heavy atom.